The predicted octanol–water partition coefficient (Wildman–Crippen LogP) is 4.24. The van der Waals surface area contributed by atoms with E-state index in [2.05, 4.69) is 15.9 Å². The van der Waals surface area contributed by atoms with Crippen molar-refractivity contribution in [2.24, 2.45) is 0 Å². The topological polar surface area (TPSA) is 50.1 Å². The Labute approximate surface area is 126 Å². The van der Waals surface area contributed by atoms with E-state index in [0.717, 1.165) is 6.07 Å². The molecule has 1 aromatic rings. The van der Waals surface area contributed by atoms with Gasteiger partial charge in [-0.3, -0.25) is 0 Å². The monoisotopic (exact) mass is 367 g/mol. The van der Waals surface area contributed by atoms with Crippen LogP contribution in [-0.2, 0) is 10.1 Å². The highest BCUT2D eigenvalue weighted by molar-refractivity contribution is 9.08. The highest BCUT2D eigenvalue weighted by atomic mass is 79.9. The molecule has 0 fully saturated rings. The van der Waals surface area contributed by atoms with E-state index < -0.39 is 11.5 Å². The number of hydrogen-bond acceptors (Lipinski definition) is 4. The van der Waals surface area contributed by atoms with Gasteiger partial charge >= 0.3 is 11.5 Å². The molecule has 0 aromatic heterocycles. The Morgan fingerprint density at radius 3 is 2.60 bits per heavy atom. The maximum absolute atomic E-state index is 12.4. The van der Waals surface area contributed by atoms with Crippen LogP contribution >= 0.6 is 27.7 Å². The molecule has 0 aliphatic rings. The highest BCUT2D eigenvalue weighted by Gasteiger charge is 2.31. The smallest absolute Gasteiger partial charge is 0.446 e. The summed E-state index contributed by atoms with van der Waals surface area (Å²) in [7, 11) is 0. The van der Waals surface area contributed by atoms with Gasteiger partial charge in [0.05, 0.1) is 17.7 Å². The van der Waals surface area contributed by atoms with Gasteiger partial charge in [-0.2, -0.15) is 18.4 Å². The van der Waals surface area contributed by atoms with Gasteiger partial charge in [0.15, 0.2) is 0 Å². The molecular weight excluding hydrogens is 359 g/mol. The van der Waals surface area contributed by atoms with E-state index in [-0.39, 0.29) is 45.3 Å². The average Bonchev–Trinajstić information content (AvgIpc) is 2.36. The highest BCUT2D eigenvalue weighted by Crippen LogP contribution is 2.40. The molecule has 0 heterocycles. The van der Waals surface area contributed by atoms with Gasteiger partial charge in [-0.25, -0.2) is 4.79 Å². The minimum atomic E-state index is -4.46. The first-order chi connectivity index (χ1) is 9.32. The van der Waals surface area contributed by atoms with Crippen molar-refractivity contribution >= 4 is 33.7 Å². The number of hydrogen-bond donors (Lipinski definition) is 0. The van der Waals surface area contributed by atoms with Crippen molar-refractivity contribution in [2.75, 3.05) is 6.61 Å². The van der Waals surface area contributed by atoms with Crippen LogP contribution in [0.3, 0.4) is 0 Å². The van der Waals surface area contributed by atoms with Gasteiger partial charge in [0, 0.05) is 10.2 Å². The van der Waals surface area contributed by atoms with Crippen molar-refractivity contribution in [3.05, 3.63) is 28.8 Å². The average molecular weight is 368 g/mol. The van der Waals surface area contributed by atoms with Crippen molar-refractivity contribution in [1.29, 1.82) is 5.26 Å². The molecule has 108 valence electrons. The molecule has 0 spiro atoms. The Balaban J connectivity index is 3.31. The second kappa shape index (κ2) is 6.99. The van der Waals surface area contributed by atoms with Crippen molar-refractivity contribution in [3.8, 4) is 6.07 Å². The minimum Gasteiger partial charge on any atom is -0.462 e. The molecule has 0 saturated carbocycles. The van der Waals surface area contributed by atoms with Crippen LogP contribution in [0.15, 0.2) is 17.0 Å². The minimum absolute atomic E-state index is 0.0321. The maximum Gasteiger partial charge on any atom is 0.446 e. The Morgan fingerprint density at radius 1 is 1.50 bits per heavy atom. The van der Waals surface area contributed by atoms with Gasteiger partial charge in [0.1, 0.15) is 6.07 Å². The summed E-state index contributed by atoms with van der Waals surface area (Å²) in [6.07, 6.45) is 0. The molecule has 0 N–H and O–H groups in total. The lowest BCUT2D eigenvalue weighted by Crippen LogP contribution is -2.09. The number of carbonyl (C=O) groups excluding carboxylic acids is 1. The van der Waals surface area contributed by atoms with Crippen LogP contribution in [0.25, 0.3) is 0 Å². The summed E-state index contributed by atoms with van der Waals surface area (Å²) in [6, 6.07) is 4.02. The van der Waals surface area contributed by atoms with Crippen LogP contribution in [0.5, 0.6) is 0 Å². The SMILES string of the molecule is CCOC(=O)c1cc(CBr)c(SC(F)(F)F)cc1C#N. The Hall–Kier alpha value is -1.20. The van der Waals surface area contributed by atoms with E-state index in [1.165, 1.54) is 6.07 Å². The second-order valence-electron chi connectivity index (χ2n) is 3.52. The number of ether oxygens (including phenoxy) is 1. The third-order valence-corrected chi connectivity index (χ3v) is 3.62. The largest absolute Gasteiger partial charge is 0.462 e. The first-order valence-corrected chi connectivity index (χ1v) is 7.32. The molecule has 0 aliphatic heterocycles. The number of nitriles is 1. The predicted molar refractivity (Wildman–Crippen MR) is 71.7 cm³/mol. The molecule has 0 aliphatic carbocycles. The van der Waals surface area contributed by atoms with Crippen LogP contribution in [0.1, 0.15) is 28.4 Å². The van der Waals surface area contributed by atoms with Crippen molar-refractivity contribution in [2.45, 2.75) is 22.7 Å². The first kappa shape index (κ1) is 16.9. The normalized spacial score (nSPS) is 11.0. The molecule has 1 rings (SSSR count). The zero-order valence-corrected chi connectivity index (χ0v) is 12.7. The van der Waals surface area contributed by atoms with Gasteiger partial charge in [0.2, 0.25) is 0 Å². The Bertz CT molecular complexity index is 555. The lowest BCUT2D eigenvalue weighted by atomic mass is 10.1. The molecule has 0 amide bonds. The summed E-state index contributed by atoms with van der Waals surface area (Å²) in [5.74, 6) is -0.727. The summed E-state index contributed by atoms with van der Waals surface area (Å²) in [6.45, 7) is 1.72. The zero-order chi connectivity index (χ0) is 15.3. The van der Waals surface area contributed by atoms with Crippen molar-refractivity contribution < 1.29 is 22.7 Å². The van der Waals surface area contributed by atoms with Crippen LogP contribution in [0, 0.1) is 11.3 Å². The van der Waals surface area contributed by atoms with Gasteiger partial charge in [0.25, 0.3) is 0 Å². The van der Waals surface area contributed by atoms with Gasteiger partial charge in [-0.05, 0) is 36.4 Å². The van der Waals surface area contributed by atoms with Gasteiger partial charge < -0.3 is 4.74 Å². The van der Waals surface area contributed by atoms with Gasteiger partial charge in [-0.1, -0.05) is 15.9 Å². The number of thioether (sulfide) groups is 1. The summed E-state index contributed by atoms with van der Waals surface area (Å²) in [5, 5.41) is 9.09. The van der Waals surface area contributed by atoms with Crippen LogP contribution in [-0.4, -0.2) is 18.1 Å². The molecule has 0 radical (unpaired) electrons. The van der Waals surface area contributed by atoms with Crippen molar-refractivity contribution in [1.82, 2.24) is 0 Å². The number of halogens is 4. The third kappa shape index (κ3) is 4.42. The summed E-state index contributed by atoms with van der Waals surface area (Å²) in [4.78, 5) is 11.6. The number of benzene rings is 1. The summed E-state index contributed by atoms with van der Waals surface area (Å²) in [5.41, 5.74) is -4.36. The fourth-order valence-corrected chi connectivity index (χ4v) is 2.76. The molecule has 0 saturated heterocycles. The van der Waals surface area contributed by atoms with Gasteiger partial charge in [-0.15, -0.1) is 0 Å². The Kier molecular flexibility index (Phi) is 5.89. The number of rotatable bonds is 4. The van der Waals surface area contributed by atoms with Crippen molar-refractivity contribution in [3.63, 3.8) is 0 Å². The first-order valence-electron chi connectivity index (χ1n) is 5.38. The van der Waals surface area contributed by atoms with Crippen LogP contribution in [0.2, 0.25) is 0 Å². The van der Waals surface area contributed by atoms with E-state index in [9.17, 15) is 18.0 Å². The lowest BCUT2D eigenvalue weighted by Gasteiger charge is -2.12. The lowest BCUT2D eigenvalue weighted by molar-refractivity contribution is -0.0328. The molecule has 1 aromatic carbocycles. The molecule has 8 heteroatoms. The fourth-order valence-electron chi connectivity index (χ4n) is 1.42. The van der Waals surface area contributed by atoms with Crippen LogP contribution < -0.4 is 0 Å². The maximum atomic E-state index is 12.4. The Morgan fingerprint density at radius 2 is 2.15 bits per heavy atom. The van der Waals surface area contributed by atoms with E-state index >= 15 is 0 Å². The molecule has 0 unspecified atom stereocenters. The summed E-state index contributed by atoms with van der Waals surface area (Å²) < 4.78 is 42.1. The second-order valence-corrected chi connectivity index (χ2v) is 5.19. The number of carbonyl (C=O) groups is 1. The fraction of sp³-hybridized carbons (Fsp3) is 0.333. The standard InChI is InChI=1S/C12H9BrF3NO2S/c1-2-19-11(18)9-3-7(5-13)10(4-8(9)6-17)20-12(14,15)16/h3-4H,2,5H2,1H3. The zero-order valence-electron chi connectivity index (χ0n) is 10.3. The van der Waals surface area contributed by atoms with E-state index in [1.807, 2.05) is 0 Å². The number of alkyl halides is 4. The van der Waals surface area contributed by atoms with E-state index in [1.54, 1.807) is 13.0 Å². The molecule has 0 bridgehead atoms. The van der Waals surface area contributed by atoms with E-state index in [4.69, 9.17) is 10.00 Å². The summed E-state index contributed by atoms with van der Waals surface area (Å²) >= 11 is 2.75. The quantitative estimate of drug-likeness (QED) is 0.453. The van der Waals surface area contributed by atoms with E-state index in [0.29, 0.717) is 0 Å². The molecular formula is C12H9BrF3NO2S. The van der Waals surface area contributed by atoms with Crippen LogP contribution in [0.4, 0.5) is 13.2 Å². The molecule has 20 heavy (non-hydrogen) atoms. The molecule has 3 nitrogen and oxygen atoms in total. The number of esters is 1. The third-order valence-electron chi connectivity index (χ3n) is 2.19. The molecule has 0 atom stereocenters. The number of nitrogens with zero attached hydrogens (tertiary/aromatic N) is 1.